The molecule has 0 saturated carbocycles. The number of thiophene rings is 1. The molecule has 2 aromatic rings. The Morgan fingerprint density at radius 1 is 1.38 bits per heavy atom. The van der Waals surface area contributed by atoms with E-state index in [1.165, 1.54) is 21.6 Å². The van der Waals surface area contributed by atoms with Gasteiger partial charge in [0.15, 0.2) is 5.79 Å². The Hall–Kier alpha value is -0.910. The summed E-state index contributed by atoms with van der Waals surface area (Å²) in [6.07, 6.45) is 1.61. The summed E-state index contributed by atoms with van der Waals surface area (Å²) in [6, 6.07) is 8.42. The molecule has 1 spiro atoms. The second-order valence-corrected chi connectivity index (χ2v) is 8.68. The summed E-state index contributed by atoms with van der Waals surface area (Å²) in [5.74, 6) is -0.790. The van der Waals surface area contributed by atoms with Gasteiger partial charge < -0.3 is 14.6 Å². The quantitative estimate of drug-likeness (QED) is 0.850. The maximum absolute atomic E-state index is 10.2. The molecule has 0 aliphatic carbocycles. The van der Waals surface area contributed by atoms with Gasteiger partial charge in [0.25, 0.3) is 0 Å². The molecule has 0 amide bonds. The van der Waals surface area contributed by atoms with Gasteiger partial charge in [0.1, 0.15) is 0 Å². The number of aliphatic hydroxyl groups excluding tert-OH is 1. The lowest BCUT2D eigenvalue weighted by atomic mass is 9.89. The first-order chi connectivity index (χ1) is 11.4. The highest BCUT2D eigenvalue weighted by molar-refractivity contribution is 7.16. The van der Waals surface area contributed by atoms with E-state index in [0.29, 0.717) is 19.4 Å². The van der Waals surface area contributed by atoms with Crippen LogP contribution in [0.5, 0.6) is 0 Å². The standard InChI is InChI=1S/C19H21ClO3S/c1-11-5-14-10-22-19(9-15(21)6-12(2)23-19)17(14)8-13(11)7-16-3-4-18(20)24-16/h3-5,8,12,15,21H,6-7,9-10H2,1-2H3/t12?,15?,19-/m1/s1. The van der Waals surface area contributed by atoms with Gasteiger partial charge in [-0.2, -0.15) is 0 Å². The molecule has 3 heterocycles. The van der Waals surface area contributed by atoms with Crippen LogP contribution in [-0.4, -0.2) is 17.3 Å². The molecule has 3 atom stereocenters. The number of rotatable bonds is 2. The first kappa shape index (κ1) is 16.6. The molecule has 2 aliphatic rings. The lowest BCUT2D eigenvalue weighted by Crippen LogP contribution is -2.43. The van der Waals surface area contributed by atoms with Gasteiger partial charge >= 0.3 is 0 Å². The molecule has 1 saturated heterocycles. The van der Waals surface area contributed by atoms with Crippen LogP contribution in [0.4, 0.5) is 0 Å². The molecule has 1 fully saturated rings. The molecule has 3 nitrogen and oxygen atoms in total. The largest absolute Gasteiger partial charge is 0.393 e. The Labute approximate surface area is 151 Å². The summed E-state index contributed by atoms with van der Waals surface area (Å²) in [4.78, 5) is 1.24. The fourth-order valence-corrected chi connectivity index (χ4v) is 4.96. The summed E-state index contributed by atoms with van der Waals surface area (Å²) < 4.78 is 13.1. The van der Waals surface area contributed by atoms with Crippen molar-refractivity contribution in [2.24, 2.45) is 0 Å². The third-order valence-electron chi connectivity index (χ3n) is 4.93. The summed E-state index contributed by atoms with van der Waals surface area (Å²) in [6.45, 7) is 4.67. The van der Waals surface area contributed by atoms with Gasteiger partial charge in [0.05, 0.1) is 23.2 Å². The van der Waals surface area contributed by atoms with Crippen molar-refractivity contribution in [2.75, 3.05) is 0 Å². The number of fused-ring (bicyclic) bond motifs is 2. The van der Waals surface area contributed by atoms with Crippen LogP contribution in [0.15, 0.2) is 24.3 Å². The smallest absolute Gasteiger partial charge is 0.198 e. The zero-order valence-corrected chi connectivity index (χ0v) is 15.4. The Morgan fingerprint density at radius 2 is 2.21 bits per heavy atom. The summed E-state index contributed by atoms with van der Waals surface area (Å²) in [7, 11) is 0. The first-order valence-electron chi connectivity index (χ1n) is 8.32. The molecule has 1 N–H and O–H groups in total. The van der Waals surface area contributed by atoms with Crippen molar-refractivity contribution < 1.29 is 14.6 Å². The summed E-state index contributed by atoms with van der Waals surface area (Å²) >= 11 is 7.67. The van der Waals surface area contributed by atoms with E-state index in [0.717, 1.165) is 16.3 Å². The topological polar surface area (TPSA) is 38.7 Å². The minimum Gasteiger partial charge on any atom is -0.393 e. The third kappa shape index (κ3) is 2.91. The van der Waals surface area contributed by atoms with Crippen LogP contribution in [0.3, 0.4) is 0 Å². The molecule has 0 bridgehead atoms. The Bertz CT molecular complexity index is 760. The second kappa shape index (κ2) is 6.11. The SMILES string of the molecule is Cc1cc2c(cc1Cc1ccc(Cl)s1)[C@]1(CC(O)CC(C)O1)OC2. The molecule has 2 unspecified atom stereocenters. The molecule has 1 aromatic carbocycles. The number of aliphatic hydroxyl groups is 1. The number of hydrogen-bond donors (Lipinski definition) is 1. The molecule has 1 aromatic heterocycles. The predicted octanol–water partition coefficient (Wildman–Crippen LogP) is 4.54. The highest BCUT2D eigenvalue weighted by Gasteiger charge is 2.47. The number of benzene rings is 1. The predicted molar refractivity (Wildman–Crippen MR) is 95.6 cm³/mol. The van der Waals surface area contributed by atoms with E-state index < -0.39 is 5.79 Å². The summed E-state index contributed by atoms with van der Waals surface area (Å²) in [5.41, 5.74) is 4.76. The van der Waals surface area contributed by atoms with Crippen LogP contribution in [0, 0.1) is 6.92 Å². The second-order valence-electron chi connectivity index (χ2n) is 6.88. The lowest BCUT2D eigenvalue weighted by molar-refractivity contribution is -0.295. The third-order valence-corrected chi connectivity index (χ3v) is 6.16. The van der Waals surface area contributed by atoms with Gasteiger partial charge in [-0.15, -0.1) is 11.3 Å². The Morgan fingerprint density at radius 3 is 2.92 bits per heavy atom. The van der Waals surface area contributed by atoms with Crippen LogP contribution in [0.1, 0.15) is 46.9 Å². The van der Waals surface area contributed by atoms with Gasteiger partial charge in [0, 0.05) is 23.3 Å². The van der Waals surface area contributed by atoms with Gasteiger partial charge in [-0.25, -0.2) is 0 Å². The number of ether oxygens (including phenoxy) is 2. The van der Waals surface area contributed by atoms with E-state index in [4.69, 9.17) is 21.1 Å². The zero-order chi connectivity index (χ0) is 16.9. The van der Waals surface area contributed by atoms with Crippen molar-refractivity contribution in [3.8, 4) is 0 Å². The highest BCUT2D eigenvalue weighted by Crippen LogP contribution is 2.46. The Balaban J connectivity index is 1.71. The first-order valence-corrected chi connectivity index (χ1v) is 9.51. The maximum Gasteiger partial charge on any atom is 0.198 e. The average molecular weight is 365 g/mol. The summed E-state index contributed by atoms with van der Waals surface area (Å²) in [5, 5.41) is 10.2. The van der Waals surface area contributed by atoms with Gasteiger partial charge in [0.2, 0.25) is 0 Å². The fourth-order valence-electron chi connectivity index (χ4n) is 3.85. The molecule has 24 heavy (non-hydrogen) atoms. The van der Waals surface area contributed by atoms with Crippen LogP contribution in [0.25, 0.3) is 0 Å². The van der Waals surface area contributed by atoms with Crippen LogP contribution < -0.4 is 0 Å². The minimum absolute atomic E-state index is 0.0134. The minimum atomic E-state index is -0.790. The van der Waals surface area contributed by atoms with Gasteiger partial charge in [-0.05, 0) is 55.2 Å². The van der Waals surface area contributed by atoms with Gasteiger partial charge in [-0.3, -0.25) is 0 Å². The van der Waals surface area contributed by atoms with E-state index in [9.17, 15) is 5.11 Å². The van der Waals surface area contributed by atoms with E-state index >= 15 is 0 Å². The van der Waals surface area contributed by atoms with Crippen LogP contribution in [-0.2, 0) is 28.3 Å². The maximum atomic E-state index is 10.2. The number of aryl methyl sites for hydroxylation is 1. The van der Waals surface area contributed by atoms with Crippen molar-refractivity contribution in [1.29, 1.82) is 0 Å². The average Bonchev–Trinajstić information content (AvgIpc) is 3.04. The number of hydrogen-bond acceptors (Lipinski definition) is 4. The van der Waals surface area contributed by atoms with Crippen molar-refractivity contribution in [3.63, 3.8) is 0 Å². The van der Waals surface area contributed by atoms with E-state index in [-0.39, 0.29) is 12.2 Å². The molecule has 0 radical (unpaired) electrons. The normalized spacial score (nSPS) is 29.2. The zero-order valence-electron chi connectivity index (χ0n) is 13.8. The molecular weight excluding hydrogens is 344 g/mol. The van der Waals surface area contributed by atoms with Gasteiger partial charge in [-0.1, -0.05) is 17.7 Å². The van der Waals surface area contributed by atoms with E-state index in [1.54, 1.807) is 11.3 Å². The highest BCUT2D eigenvalue weighted by atomic mass is 35.5. The molecule has 4 rings (SSSR count). The molecule has 128 valence electrons. The molecule has 5 heteroatoms. The van der Waals surface area contributed by atoms with E-state index in [2.05, 4.69) is 25.1 Å². The fraction of sp³-hybridized carbons (Fsp3) is 0.474. The Kier molecular flexibility index (Phi) is 4.22. The van der Waals surface area contributed by atoms with Crippen molar-refractivity contribution in [3.05, 3.63) is 55.7 Å². The van der Waals surface area contributed by atoms with Crippen LogP contribution >= 0.6 is 22.9 Å². The van der Waals surface area contributed by atoms with E-state index in [1.807, 2.05) is 13.0 Å². The van der Waals surface area contributed by atoms with Crippen molar-refractivity contribution >= 4 is 22.9 Å². The van der Waals surface area contributed by atoms with Crippen molar-refractivity contribution in [2.45, 2.75) is 57.7 Å². The lowest BCUT2D eigenvalue weighted by Gasteiger charge is -2.39. The molecule has 2 aliphatic heterocycles. The number of halogens is 1. The monoisotopic (exact) mass is 364 g/mol. The van der Waals surface area contributed by atoms with Crippen LogP contribution in [0.2, 0.25) is 4.34 Å². The van der Waals surface area contributed by atoms with Crippen molar-refractivity contribution in [1.82, 2.24) is 0 Å². The molecular formula is C19H21ClO3S.